The Morgan fingerprint density at radius 1 is 0.961 bits per heavy atom. The standard InChI is InChI=1S/C37H62N6O7S/c1-8-9-13-26(29(44)32(46)38-24-16-17-24)39-31(45)28-27-25(36(27,5)6)21-43(28)33(47)30(35(2,3)4)40-34(48)41-37(18-11-10-12-19-37)22-51(49,50)42(7)20-23-14-15-23/h23-28,30H,8-22H2,1-7H3,(H,38,46)(H,39,45)(H2,40,41,48)/t25-,26-,27-,28-,30+/m0/s1. The van der Waals surface area contributed by atoms with Gasteiger partial charge in [-0.1, -0.05) is 73.6 Å². The van der Waals surface area contributed by atoms with Crippen LogP contribution in [0.5, 0.6) is 0 Å². The molecule has 288 valence electrons. The zero-order valence-electron chi connectivity index (χ0n) is 31.8. The number of nitrogens with one attached hydrogen (secondary N) is 4. The summed E-state index contributed by atoms with van der Waals surface area (Å²) in [5.74, 6) is -2.11. The second-order valence-electron chi connectivity index (χ2n) is 17.9. The molecule has 4 saturated carbocycles. The van der Waals surface area contributed by atoms with Crippen LogP contribution >= 0.6 is 0 Å². The van der Waals surface area contributed by atoms with Crippen molar-refractivity contribution in [3.05, 3.63) is 0 Å². The SMILES string of the molecule is CCCC[C@H](NC(=O)[C@@H]1[C@@H]2[C@H](CN1C(=O)[C@@H](NC(=O)NC1(CS(=O)(=O)N(C)CC3CC3)CCCCC1)C(C)(C)C)C2(C)C)C(=O)C(=O)NC1CC1. The third-order valence-corrected chi connectivity index (χ3v) is 14.1. The van der Waals surface area contributed by atoms with Crippen LogP contribution in [0.2, 0.25) is 0 Å². The maximum Gasteiger partial charge on any atom is 0.315 e. The van der Waals surface area contributed by atoms with Gasteiger partial charge in [-0.3, -0.25) is 19.2 Å². The number of amides is 5. The topological polar surface area (TPSA) is 174 Å². The number of ketones is 1. The van der Waals surface area contributed by atoms with Crippen molar-refractivity contribution in [2.75, 3.05) is 25.9 Å². The average Bonchev–Trinajstić information content (AvgIpc) is 4.00. The van der Waals surface area contributed by atoms with E-state index in [0.29, 0.717) is 44.7 Å². The van der Waals surface area contributed by atoms with Gasteiger partial charge in [0.25, 0.3) is 5.91 Å². The summed E-state index contributed by atoms with van der Waals surface area (Å²) >= 11 is 0. The number of likely N-dealkylation sites (tertiary alicyclic amines) is 1. The van der Waals surface area contributed by atoms with Crippen LogP contribution in [0, 0.1) is 28.6 Å². The molecule has 5 aliphatic rings. The molecular formula is C37H62N6O7S. The second-order valence-corrected chi connectivity index (χ2v) is 20.0. The van der Waals surface area contributed by atoms with Crippen molar-refractivity contribution in [1.29, 1.82) is 0 Å². The molecule has 14 heteroatoms. The maximum atomic E-state index is 14.5. The van der Waals surface area contributed by atoms with E-state index in [4.69, 9.17) is 0 Å². The zero-order chi connectivity index (χ0) is 37.5. The molecule has 4 aliphatic carbocycles. The van der Waals surface area contributed by atoms with E-state index in [1.807, 2.05) is 27.7 Å². The zero-order valence-corrected chi connectivity index (χ0v) is 32.6. The Morgan fingerprint density at radius 3 is 2.18 bits per heavy atom. The van der Waals surface area contributed by atoms with Crippen molar-refractivity contribution in [3.63, 3.8) is 0 Å². The summed E-state index contributed by atoms with van der Waals surface area (Å²) < 4.78 is 28.4. The molecule has 1 heterocycles. The largest absolute Gasteiger partial charge is 0.347 e. The molecule has 0 unspecified atom stereocenters. The van der Waals surface area contributed by atoms with Crippen LogP contribution < -0.4 is 21.3 Å². The predicted molar refractivity (Wildman–Crippen MR) is 194 cm³/mol. The van der Waals surface area contributed by atoms with Gasteiger partial charge in [0.1, 0.15) is 12.1 Å². The van der Waals surface area contributed by atoms with Gasteiger partial charge in [-0.2, -0.15) is 0 Å². The highest BCUT2D eigenvalue weighted by molar-refractivity contribution is 7.89. The number of hydrogen-bond donors (Lipinski definition) is 4. The lowest BCUT2D eigenvalue weighted by Crippen LogP contribution is -2.64. The summed E-state index contributed by atoms with van der Waals surface area (Å²) in [6, 6.07) is -3.49. The number of carbonyl (C=O) groups excluding carboxylic acids is 5. The Bertz CT molecular complexity index is 1460. The van der Waals surface area contributed by atoms with E-state index >= 15 is 0 Å². The van der Waals surface area contributed by atoms with Crippen molar-refractivity contribution in [3.8, 4) is 0 Å². The highest BCUT2D eigenvalue weighted by Crippen LogP contribution is 2.65. The van der Waals surface area contributed by atoms with Gasteiger partial charge in [-0.05, 0) is 73.5 Å². The number of rotatable bonds is 16. The lowest BCUT2D eigenvalue weighted by atomic mass is 9.83. The first-order valence-corrected chi connectivity index (χ1v) is 20.9. The van der Waals surface area contributed by atoms with Gasteiger partial charge in [0.05, 0.1) is 17.3 Å². The molecule has 0 bridgehead atoms. The predicted octanol–water partition coefficient (Wildman–Crippen LogP) is 3.08. The number of fused-ring (bicyclic) bond motifs is 1. The molecule has 51 heavy (non-hydrogen) atoms. The van der Waals surface area contributed by atoms with Crippen molar-refractivity contribution >= 4 is 39.6 Å². The lowest BCUT2D eigenvalue weighted by molar-refractivity contribution is -0.145. The number of unbranched alkanes of at least 4 members (excludes halogenated alkanes) is 1. The Balaban J connectivity index is 1.31. The molecule has 0 radical (unpaired) electrons. The maximum absolute atomic E-state index is 14.5. The smallest absolute Gasteiger partial charge is 0.315 e. The Kier molecular flexibility index (Phi) is 11.6. The fourth-order valence-corrected chi connectivity index (χ4v) is 10.1. The van der Waals surface area contributed by atoms with Crippen LogP contribution in [0.25, 0.3) is 0 Å². The second kappa shape index (κ2) is 14.9. The summed E-state index contributed by atoms with van der Waals surface area (Å²) in [7, 11) is -2.03. The monoisotopic (exact) mass is 734 g/mol. The molecule has 4 N–H and O–H groups in total. The first-order valence-electron chi connectivity index (χ1n) is 19.3. The minimum Gasteiger partial charge on any atom is -0.347 e. The number of hydrogen-bond acceptors (Lipinski definition) is 7. The number of piperidine rings is 1. The molecule has 13 nitrogen and oxygen atoms in total. The fraction of sp³-hybridized carbons (Fsp3) is 0.865. The summed E-state index contributed by atoms with van der Waals surface area (Å²) in [4.78, 5) is 70.0. The number of carbonyl (C=O) groups is 5. The van der Waals surface area contributed by atoms with E-state index in [1.165, 1.54) is 4.31 Å². The van der Waals surface area contributed by atoms with Gasteiger partial charge in [0.15, 0.2) is 0 Å². The van der Waals surface area contributed by atoms with Gasteiger partial charge >= 0.3 is 6.03 Å². The minimum absolute atomic E-state index is 0.00466. The Labute approximate surface area is 304 Å². The van der Waals surface area contributed by atoms with Crippen LogP contribution in [0.4, 0.5) is 4.79 Å². The summed E-state index contributed by atoms with van der Waals surface area (Å²) in [6.07, 6.45) is 9.04. The molecular weight excluding hydrogens is 673 g/mol. The van der Waals surface area contributed by atoms with E-state index in [-0.39, 0.29) is 29.0 Å². The third kappa shape index (κ3) is 9.26. The molecule has 1 saturated heterocycles. The normalized spacial score (nSPS) is 26.4. The first-order chi connectivity index (χ1) is 23.8. The Morgan fingerprint density at radius 2 is 1.61 bits per heavy atom. The van der Waals surface area contributed by atoms with E-state index in [9.17, 15) is 32.4 Å². The van der Waals surface area contributed by atoms with Gasteiger partial charge in [0, 0.05) is 26.2 Å². The van der Waals surface area contributed by atoms with Crippen molar-refractivity contribution in [1.82, 2.24) is 30.5 Å². The highest BCUT2D eigenvalue weighted by atomic mass is 32.2. The number of Topliss-reactive ketones (excluding diaryl/α,β-unsaturated/α-hetero) is 1. The quantitative estimate of drug-likeness (QED) is 0.176. The van der Waals surface area contributed by atoms with Crippen molar-refractivity contribution in [2.24, 2.45) is 28.6 Å². The van der Waals surface area contributed by atoms with E-state index in [0.717, 1.165) is 51.4 Å². The molecule has 5 fully saturated rings. The molecule has 5 amide bonds. The summed E-state index contributed by atoms with van der Waals surface area (Å²) in [5, 5.41) is 11.5. The Hall–Kier alpha value is -2.74. The lowest BCUT2D eigenvalue weighted by Gasteiger charge is -2.41. The molecule has 0 aromatic rings. The van der Waals surface area contributed by atoms with Crippen LogP contribution in [-0.2, 0) is 29.2 Å². The molecule has 0 spiro atoms. The van der Waals surface area contributed by atoms with Crippen LogP contribution in [0.3, 0.4) is 0 Å². The summed E-state index contributed by atoms with van der Waals surface area (Å²) in [6.45, 7) is 12.5. The van der Waals surface area contributed by atoms with Gasteiger partial charge in [0.2, 0.25) is 27.6 Å². The van der Waals surface area contributed by atoms with Gasteiger partial charge < -0.3 is 26.2 Å². The van der Waals surface area contributed by atoms with Crippen molar-refractivity contribution in [2.45, 2.75) is 148 Å². The van der Waals surface area contributed by atoms with Gasteiger partial charge in [-0.15, -0.1) is 0 Å². The van der Waals surface area contributed by atoms with Crippen LogP contribution in [0.15, 0.2) is 0 Å². The number of nitrogens with zero attached hydrogens (tertiary/aromatic N) is 2. The first kappa shape index (κ1) is 39.5. The molecule has 5 rings (SSSR count). The molecule has 0 aromatic carbocycles. The molecule has 0 aromatic heterocycles. The van der Waals surface area contributed by atoms with Crippen molar-refractivity contribution < 1.29 is 32.4 Å². The van der Waals surface area contributed by atoms with Crippen LogP contribution in [-0.4, -0.2) is 103 Å². The fourth-order valence-electron chi connectivity index (χ4n) is 8.38. The number of urea groups is 1. The minimum atomic E-state index is -3.64. The van der Waals surface area contributed by atoms with Crippen LogP contribution in [0.1, 0.15) is 119 Å². The van der Waals surface area contributed by atoms with E-state index < -0.39 is 68.6 Å². The average molecular weight is 735 g/mol. The third-order valence-electron chi connectivity index (χ3n) is 12.1. The summed E-state index contributed by atoms with van der Waals surface area (Å²) in [5.41, 5.74) is -1.91. The van der Waals surface area contributed by atoms with Gasteiger partial charge in [-0.25, -0.2) is 17.5 Å². The molecule has 5 atom stereocenters. The molecule has 1 aliphatic heterocycles. The van der Waals surface area contributed by atoms with E-state index in [1.54, 1.807) is 11.9 Å². The number of sulfonamides is 1. The highest BCUT2D eigenvalue weighted by Gasteiger charge is 2.70. The van der Waals surface area contributed by atoms with E-state index in [2.05, 4.69) is 35.1 Å².